The van der Waals surface area contributed by atoms with Gasteiger partial charge < -0.3 is 14.8 Å². The summed E-state index contributed by atoms with van der Waals surface area (Å²) in [7, 11) is 3.35. The van der Waals surface area contributed by atoms with Crippen LogP contribution in [0.25, 0.3) is 16.9 Å². The van der Waals surface area contributed by atoms with Crippen molar-refractivity contribution in [1.82, 2.24) is 24.9 Å². The molecule has 0 saturated heterocycles. The first kappa shape index (κ1) is 24.9. The fourth-order valence-corrected chi connectivity index (χ4v) is 3.78. The average Bonchev–Trinajstić information content (AvgIpc) is 3.42. The standard InChI is InChI=1S/C25H26F2N6O3/c1-16-22(19-13-29-32(2)14-19)31-33(20-7-5-4-6-8-20)23(16)30-25(34)28-12-18-11-17(15-35-3)9-10-21(18)36-24(26)27/h4-11,13-14,24H,12,15H2,1-3H3,(H2,28,30,34). The molecule has 0 fully saturated rings. The van der Waals surface area contributed by atoms with E-state index in [-0.39, 0.29) is 12.3 Å². The molecule has 2 amide bonds. The van der Waals surface area contributed by atoms with Gasteiger partial charge in [-0.3, -0.25) is 10.00 Å². The Bertz CT molecular complexity index is 1340. The van der Waals surface area contributed by atoms with Crippen LogP contribution in [0, 0.1) is 6.92 Å². The molecule has 0 radical (unpaired) electrons. The van der Waals surface area contributed by atoms with Gasteiger partial charge in [0, 0.05) is 43.6 Å². The molecule has 0 aliphatic rings. The van der Waals surface area contributed by atoms with Gasteiger partial charge in [-0.2, -0.15) is 19.0 Å². The van der Waals surface area contributed by atoms with Crippen molar-refractivity contribution in [2.75, 3.05) is 12.4 Å². The number of hydrogen-bond acceptors (Lipinski definition) is 5. The minimum atomic E-state index is -2.99. The normalized spacial score (nSPS) is 11.1. The van der Waals surface area contributed by atoms with Crippen molar-refractivity contribution in [3.05, 3.63) is 77.6 Å². The molecule has 4 rings (SSSR count). The third-order valence-electron chi connectivity index (χ3n) is 5.42. The summed E-state index contributed by atoms with van der Waals surface area (Å²) in [6.45, 7) is -0.882. The SMILES string of the molecule is COCc1ccc(OC(F)F)c(CNC(=O)Nc2c(C)c(-c3cnn(C)c3)nn2-c2ccccc2)c1. The number of carbonyl (C=O) groups excluding carboxylic acids is 1. The second-order valence-corrected chi connectivity index (χ2v) is 8.03. The van der Waals surface area contributed by atoms with E-state index in [1.165, 1.54) is 13.2 Å². The number of benzene rings is 2. The van der Waals surface area contributed by atoms with E-state index in [0.717, 1.165) is 22.4 Å². The lowest BCUT2D eigenvalue weighted by Crippen LogP contribution is -2.29. The Morgan fingerprint density at radius 1 is 1.17 bits per heavy atom. The quantitative estimate of drug-likeness (QED) is 0.352. The third-order valence-corrected chi connectivity index (χ3v) is 5.42. The number of rotatable bonds is 9. The summed E-state index contributed by atoms with van der Waals surface area (Å²) in [5, 5.41) is 14.5. The number of aromatic nitrogens is 4. The van der Waals surface area contributed by atoms with Crippen LogP contribution in [0.3, 0.4) is 0 Å². The lowest BCUT2D eigenvalue weighted by Gasteiger charge is -2.14. The number of carbonyl (C=O) groups is 1. The molecule has 0 spiro atoms. The number of methoxy groups -OCH3 is 1. The summed E-state index contributed by atoms with van der Waals surface area (Å²) in [4.78, 5) is 12.9. The fraction of sp³-hybridized carbons (Fsp3) is 0.240. The van der Waals surface area contributed by atoms with Gasteiger partial charge in [-0.05, 0) is 36.8 Å². The summed E-state index contributed by atoms with van der Waals surface area (Å²) in [6, 6.07) is 13.6. The summed E-state index contributed by atoms with van der Waals surface area (Å²) in [5.41, 5.74) is 4.12. The lowest BCUT2D eigenvalue weighted by atomic mass is 10.1. The molecule has 2 aromatic heterocycles. The molecule has 36 heavy (non-hydrogen) atoms. The number of nitrogens with zero attached hydrogens (tertiary/aromatic N) is 4. The monoisotopic (exact) mass is 496 g/mol. The maximum atomic E-state index is 12.9. The first-order valence-electron chi connectivity index (χ1n) is 11.1. The first-order chi connectivity index (χ1) is 17.4. The van der Waals surface area contributed by atoms with Crippen LogP contribution in [0.2, 0.25) is 0 Å². The number of hydrogen-bond donors (Lipinski definition) is 2. The largest absolute Gasteiger partial charge is 0.434 e. The van der Waals surface area contributed by atoms with E-state index < -0.39 is 12.6 Å². The van der Waals surface area contributed by atoms with Crippen molar-refractivity contribution in [3.8, 4) is 22.7 Å². The molecule has 2 N–H and O–H groups in total. The van der Waals surface area contributed by atoms with Gasteiger partial charge in [0.25, 0.3) is 0 Å². The number of halogens is 2. The highest BCUT2D eigenvalue weighted by Crippen LogP contribution is 2.30. The molecule has 0 saturated carbocycles. The smallest absolute Gasteiger partial charge is 0.387 e. The Morgan fingerprint density at radius 3 is 2.61 bits per heavy atom. The molecule has 9 nitrogen and oxygen atoms in total. The number of nitrogens with one attached hydrogen (secondary N) is 2. The minimum absolute atomic E-state index is 0.0190. The molecule has 0 bridgehead atoms. The van der Waals surface area contributed by atoms with Gasteiger partial charge in [-0.15, -0.1) is 0 Å². The van der Waals surface area contributed by atoms with Crippen molar-refractivity contribution >= 4 is 11.8 Å². The van der Waals surface area contributed by atoms with E-state index in [1.54, 1.807) is 27.7 Å². The van der Waals surface area contributed by atoms with Gasteiger partial charge in [0.05, 0.1) is 18.5 Å². The topological polar surface area (TPSA) is 95.2 Å². The lowest BCUT2D eigenvalue weighted by molar-refractivity contribution is -0.0504. The number of alkyl halides is 2. The zero-order chi connectivity index (χ0) is 25.7. The minimum Gasteiger partial charge on any atom is -0.434 e. The van der Waals surface area contributed by atoms with Crippen molar-refractivity contribution in [1.29, 1.82) is 0 Å². The molecule has 0 unspecified atom stereocenters. The highest BCUT2D eigenvalue weighted by Gasteiger charge is 2.20. The van der Waals surface area contributed by atoms with Gasteiger partial charge in [0.15, 0.2) is 0 Å². The highest BCUT2D eigenvalue weighted by atomic mass is 19.3. The molecule has 4 aromatic rings. The maximum Gasteiger partial charge on any atom is 0.387 e. The van der Waals surface area contributed by atoms with Crippen molar-refractivity contribution in [3.63, 3.8) is 0 Å². The number of urea groups is 1. The van der Waals surface area contributed by atoms with E-state index in [1.807, 2.05) is 50.5 Å². The van der Waals surface area contributed by atoms with E-state index in [4.69, 9.17) is 9.84 Å². The van der Waals surface area contributed by atoms with Gasteiger partial charge in [0.1, 0.15) is 17.3 Å². The van der Waals surface area contributed by atoms with Crippen molar-refractivity contribution in [2.24, 2.45) is 7.05 Å². The van der Waals surface area contributed by atoms with Crippen LogP contribution in [0.4, 0.5) is 19.4 Å². The number of amides is 2. The first-order valence-corrected chi connectivity index (χ1v) is 11.1. The van der Waals surface area contributed by atoms with Gasteiger partial charge in [-0.25, -0.2) is 9.48 Å². The van der Waals surface area contributed by atoms with Gasteiger partial charge >= 0.3 is 12.6 Å². The fourth-order valence-electron chi connectivity index (χ4n) is 3.78. The Kier molecular flexibility index (Phi) is 7.59. The van der Waals surface area contributed by atoms with Crippen LogP contribution >= 0.6 is 0 Å². The Labute approximate surface area is 206 Å². The highest BCUT2D eigenvalue weighted by molar-refractivity contribution is 5.90. The van der Waals surface area contributed by atoms with Crippen LogP contribution in [0.1, 0.15) is 16.7 Å². The third kappa shape index (κ3) is 5.69. The molecule has 2 heterocycles. The number of ether oxygens (including phenoxy) is 2. The molecule has 0 aliphatic carbocycles. The average molecular weight is 497 g/mol. The molecular formula is C25H26F2N6O3. The number of para-hydroxylation sites is 1. The van der Waals surface area contributed by atoms with Crippen LogP contribution in [-0.2, 0) is 24.9 Å². The van der Waals surface area contributed by atoms with E-state index in [0.29, 0.717) is 23.7 Å². The van der Waals surface area contributed by atoms with E-state index in [9.17, 15) is 13.6 Å². The summed E-state index contributed by atoms with van der Waals surface area (Å²) < 4.78 is 38.8. The van der Waals surface area contributed by atoms with E-state index in [2.05, 4.69) is 20.5 Å². The molecule has 2 aromatic carbocycles. The molecule has 11 heteroatoms. The summed E-state index contributed by atoms with van der Waals surface area (Å²) in [6.07, 6.45) is 3.54. The van der Waals surface area contributed by atoms with Gasteiger partial charge in [0.2, 0.25) is 0 Å². The second kappa shape index (κ2) is 11.0. The zero-order valence-electron chi connectivity index (χ0n) is 20.0. The molecule has 0 aliphatic heterocycles. The molecular weight excluding hydrogens is 470 g/mol. The molecule has 188 valence electrons. The summed E-state index contributed by atoms with van der Waals surface area (Å²) >= 11 is 0. The number of anilines is 1. The zero-order valence-corrected chi connectivity index (χ0v) is 20.0. The van der Waals surface area contributed by atoms with Crippen LogP contribution in [-0.4, -0.2) is 39.3 Å². The molecule has 0 atom stereocenters. The summed E-state index contributed by atoms with van der Waals surface area (Å²) in [5.74, 6) is 0.448. The predicted molar refractivity (Wildman–Crippen MR) is 130 cm³/mol. The van der Waals surface area contributed by atoms with Crippen LogP contribution < -0.4 is 15.4 Å². The maximum absolute atomic E-state index is 12.9. The van der Waals surface area contributed by atoms with Crippen molar-refractivity contribution < 1.29 is 23.0 Å². The van der Waals surface area contributed by atoms with E-state index >= 15 is 0 Å². The Balaban J connectivity index is 1.59. The van der Waals surface area contributed by atoms with Crippen LogP contribution in [0.15, 0.2) is 60.9 Å². The Morgan fingerprint density at radius 2 is 1.94 bits per heavy atom. The van der Waals surface area contributed by atoms with Crippen molar-refractivity contribution in [2.45, 2.75) is 26.7 Å². The van der Waals surface area contributed by atoms with Crippen LogP contribution in [0.5, 0.6) is 5.75 Å². The van der Waals surface area contributed by atoms with Gasteiger partial charge in [-0.1, -0.05) is 24.3 Å². The Hall–Kier alpha value is -4.25. The second-order valence-electron chi connectivity index (χ2n) is 8.03. The predicted octanol–water partition coefficient (Wildman–Crippen LogP) is 4.65. The number of aryl methyl sites for hydroxylation is 1.